The zero-order valence-electron chi connectivity index (χ0n) is 16.3. The normalized spacial score (nSPS) is 11.4. The molecular weight excluding hydrogens is 400 g/mol. The van der Waals surface area contributed by atoms with Gasteiger partial charge in [-0.1, -0.05) is 26.0 Å². The largest absolute Gasteiger partial charge is 0.491 e. The highest BCUT2D eigenvalue weighted by atomic mass is 19.4. The number of hydrogen-bond donors (Lipinski definition) is 2. The molecule has 1 heterocycles. The van der Waals surface area contributed by atoms with Crippen LogP contribution < -0.4 is 15.4 Å². The van der Waals surface area contributed by atoms with E-state index in [-0.39, 0.29) is 11.9 Å². The monoisotopic (exact) mass is 420 g/mol. The summed E-state index contributed by atoms with van der Waals surface area (Å²) in [5.74, 6) is -0.282. The lowest BCUT2D eigenvalue weighted by Gasteiger charge is -2.17. The molecule has 2 aromatic carbocycles. The zero-order chi connectivity index (χ0) is 21.7. The average Bonchev–Trinajstić information content (AvgIpc) is 2.68. The third-order valence-electron chi connectivity index (χ3n) is 3.91. The number of rotatable bonds is 7. The van der Waals surface area contributed by atoms with Crippen molar-refractivity contribution in [3.8, 4) is 5.75 Å². The van der Waals surface area contributed by atoms with Crippen molar-refractivity contribution in [2.75, 3.05) is 17.2 Å². The number of nitrogens with zero attached hydrogens (tertiary/aromatic N) is 2. The first-order valence-electron chi connectivity index (χ1n) is 9.18. The molecule has 0 aliphatic heterocycles. The molecule has 0 amide bonds. The maximum Gasteiger partial charge on any atom is 0.421 e. The van der Waals surface area contributed by atoms with Crippen molar-refractivity contribution in [3.63, 3.8) is 0 Å². The number of anilines is 4. The van der Waals surface area contributed by atoms with E-state index in [1.54, 1.807) is 24.3 Å². The molecule has 3 rings (SSSR count). The molecule has 0 unspecified atom stereocenters. The standard InChI is InChI=1S/C21H20F4N4O/c1-13(2)12-30-18-6-4-3-5-17(18)28-19-16(21(23,24)25)11-26-20(29-19)27-15-9-7-14(22)8-10-15/h3-11,13H,12H2,1-2H3,(H2,26,27,28,29). The lowest BCUT2D eigenvalue weighted by molar-refractivity contribution is -0.137. The summed E-state index contributed by atoms with van der Waals surface area (Å²) in [5, 5.41) is 5.47. The Morgan fingerprint density at radius 1 is 1.00 bits per heavy atom. The fraction of sp³-hybridized carbons (Fsp3) is 0.238. The Morgan fingerprint density at radius 2 is 1.70 bits per heavy atom. The molecule has 30 heavy (non-hydrogen) atoms. The van der Waals surface area contributed by atoms with Gasteiger partial charge < -0.3 is 15.4 Å². The highest BCUT2D eigenvalue weighted by Gasteiger charge is 2.35. The smallest absolute Gasteiger partial charge is 0.421 e. The van der Waals surface area contributed by atoms with E-state index < -0.39 is 23.4 Å². The number of alkyl halides is 3. The van der Waals surface area contributed by atoms with Crippen LogP contribution in [-0.2, 0) is 6.18 Å². The number of hydrogen-bond acceptors (Lipinski definition) is 5. The predicted octanol–water partition coefficient (Wildman–Crippen LogP) is 6.16. The molecule has 9 heteroatoms. The molecule has 0 bridgehead atoms. The SMILES string of the molecule is CC(C)COc1ccccc1Nc1nc(Nc2ccc(F)cc2)ncc1C(F)(F)F. The molecule has 0 aliphatic rings. The van der Waals surface area contributed by atoms with Crippen molar-refractivity contribution in [1.29, 1.82) is 0 Å². The first kappa shape index (κ1) is 21.4. The summed E-state index contributed by atoms with van der Waals surface area (Å²) in [4.78, 5) is 7.73. The van der Waals surface area contributed by atoms with Crippen molar-refractivity contribution in [2.45, 2.75) is 20.0 Å². The molecule has 0 atom stereocenters. The summed E-state index contributed by atoms with van der Waals surface area (Å²) in [6.45, 7) is 4.34. The Balaban J connectivity index is 1.93. The Labute approximate surface area is 171 Å². The summed E-state index contributed by atoms with van der Waals surface area (Å²) in [7, 11) is 0. The molecule has 5 nitrogen and oxygen atoms in total. The fourth-order valence-corrected chi connectivity index (χ4v) is 2.49. The Morgan fingerprint density at radius 3 is 2.37 bits per heavy atom. The number of para-hydroxylation sites is 2. The molecular formula is C21H20F4N4O. The summed E-state index contributed by atoms with van der Waals surface area (Å²) >= 11 is 0. The van der Waals surface area contributed by atoms with Crippen LogP contribution in [0.5, 0.6) is 5.75 Å². The maximum atomic E-state index is 13.5. The number of aromatic nitrogens is 2. The van der Waals surface area contributed by atoms with Gasteiger partial charge in [0.05, 0.1) is 12.3 Å². The third kappa shape index (κ3) is 5.59. The van der Waals surface area contributed by atoms with E-state index in [0.29, 0.717) is 29.9 Å². The molecule has 0 aliphatic carbocycles. The van der Waals surface area contributed by atoms with Crippen LogP contribution in [0.2, 0.25) is 0 Å². The minimum absolute atomic E-state index is 0.0716. The van der Waals surface area contributed by atoms with Crippen molar-refractivity contribution < 1.29 is 22.3 Å². The Bertz CT molecular complexity index is 991. The summed E-state index contributed by atoms with van der Waals surface area (Å²) in [6.07, 6.45) is -3.97. The molecule has 0 fully saturated rings. The molecule has 158 valence electrons. The van der Waals surface area contributed by atoms with Gasteiger partial charge in [0.25, 0.3) is 0 Å². The van der Waals surface area contributed by atoms with Gasteiger partial charge in [-0.15, -0.1) is 0 Å². The maximum absolute atomic E-state index is 13.5. The number of nitrogens with one attached hydrogen (secondary N) is 2. The van der Waals surface area contributed by atoms with E-state index >= 15 is 0 Å². The van der Waals surface area contributed by atoms with Crippen LogP contribution in [0.25, 0.3) is 0 Å². The number of halogens is 4. The predicted molar refractivity (Wildman–Crippen MR) is 107 cm³/mol. The lowest BCUT2D eigenvalue weighted by Crippen LogP contribution is -2.13. The van der Waals surface area contributed by atoms with Gasteiger partial charge in [-0.3, -0.25) is 0 Å². The van der Waals surface area contributed by atoms with Crippen LogP contribution in [0.3, 0.4) is 0 Å². The van der Waals surface area contributed by atoms with Gasteiger partial charge in [0.2, 0.25) is 5.95 Å². The minimum Gasteiger partial charge on any atom is -0.491 e. The van der Waals surface area contributed by atoms with Crippen LogP contribution >= 0.6 is 0 Å². The van der Waals surface area contributed by atoms with Crippen LogP contribution in [0.1, 0.15) is 19.4 Å². The highest BCUT2D eigenvalue weighted by molar-refractivity contribution is 5.67. The second-order valence-corrected chi connectivity index (χ2v) is 6.91. The number of ether oxygens (including phenoxy) is 1. The highest BCUT2D eigenvalue weighted by Crippen LogP contribution is 2.37. The topological polar surface area (TPSA) is 59.1 Å². The van der Waals surface area contributed by atoms with E-state index in [4.69, 9.17) is 4.74 Å². The van der Waals surface area contributed by atoms with Crippen LogP contribution in [0.15, 0.2) is 54.7 Å². The quantitative estimate of drug-likeness (QED) is 0.449. The second kappa shape index (κ2) is 8.98. The van der Waals surface area contributed by atoms with Gasteiger partial charge >= 0.3 is 6.18 Å². The van der Waals surface area contributed by atoms with E-state index in [1.165, 1.54) is 24.3 Å². The number of benzene rings is 2. The van der Waals surface area contributed by atoms with Gasteiger partial charge in [0, 0.05) is 11.9 Å². The van der Waals surface area contributed by atoms with Gasteiger partial charge in [0.1, 0.15) is 22.9 Å². The van der Waals surface area contributed by atoms with Gasteiger partial charge in [-0.25, -0.2) is 9.37 Å². The van der Waals surface area contributed by atoms with Crippen molar-refractivity contribution in [1.82, 2.24) is 9.97 Å². The minimum atomic E-state index is -4.66. The average molecular weight is 420 g/mol. The van der Waals surface area contributed by atoms with E-state index in [0.717, 1.165) is 0 Å². The van der Waals surface area contributed by atoms with Crippen LogP contribution in [-0.4, -0.2) is 16.6 Å². The first-order valence-corrected chi connectivity index (χ1v) is 9.18. The third-order valence-corrected chi connectivity index (χ3v) is 3.91. The second-order valence-electron chi connectivity index (χ2n) is 6.91. The molecule has 2 N–H and O–H groups in total. The van der Waals surface area contributed by atoms with E-state index in [1.807, 2.05) is 13.8 Å². The Hall–Kier alpha value is -3.36. The molecule has 0 saturated heterocycles. The Kier molecular flexibility index (Phi) is 6.39. The zero-order valence-corrected chi connectivity index (χ0v) is 16.3. The van der Waals surface area contributed by atoms with E-state index in [9.17, 15) is 17.6 Å². The molecule has 3 aromatic rings. The van der Waals surface area contributed by atoms with Gasteiger partial charge in [-0.05, 0) is 42.3 Å². The molecule has 0 spiro atoms. The van der Waals surface area contributed by atoms with Crippen LogP contribution in [0, 0.1) is 11.7 Å². The van der Waals surface area contributed by atoms with Gasteiger partial charge in [0.15, 0.2) is 0 Å². The molecule has 0 radical (unpaired) electrons. The van der Waals surface area contributed by atoms with Crippen molar-refractivity contribution in [2.24, 2.45) is 5.92 Å². The summed E-state index contributed by atoms with van der Waals surface area (Å²) in [5.41, 5.74) is -0.247. The fourth-order valence-electron chi connectivity index (χ4n) is 2.49. The van der Waals surface area contributed by atoms with Crippen LogP contribution in [0.4, 0.5) is 40.7 Å². The molecule has 0 saturated carbocycles. The molecule has 1 aromatic heterocycles. The first-order chi connectivity index (χ1) is 14.2. The van der Waals surface area contributed by atoms with Crippen molar-refractivity contribution in [3.05, 3.63) is 66.1 Å². The van der Waals surface area contributed by atoms with Gasteiger partial charge in [-0.2, -0.15) is 18.2 Å². The summed E-state index contributed by atoms with van der Waals surface area (Å²) in [6, 6.07) is 12.0. The summed E-state index contributed by atoms with van der Waals surface area (Å²) < 4.78 is 59.2. The lowest BCUT2D eigenvalue weighted by atomic mass is 10.2. The van der Waals surface area contributed by atoms with E-state index in [2.05, 4.69) is 20.6 Å². The van der Waals surface area contributed by atoms with Crippen molar-refractivity contribution >= 4 is 23.1 Å².